The molecule has 25 heavy (non-hydrogen) atoms. The van der Waals surface area contributed by atoms with E-state index in [0.717, 1.165) is 29.4 Å². The van der Waals surface area contributed by atoms with E-state index in [9.17, 15) is 4.79 Å². The van der Waals surface area contributed by atoms with Crippen LogP contribution in [-0.2, 0) is 6.54 Å². The van der Waals surface area contributed by atoms with E-state index >= 15 is 0 Å². The number of aromatic nitrogens is 4. The van der Waals surface area contributed by atoms with Gasteiger partial charge in [-0.2, -0.15) is 5.10 Å². The van der Waals surface area contributed by atoms with Crippen LogP contribution in [0.15, 0.2) is 27.5 Å². The Morgan fingerprint density at radius 1 is 1.28 bits per heavy atom. The second-order valence-electron chi connectivity index (χ2n) is 5.91. The lowest BCUT2D eigenvalue weighted by molar-refractivity contribution is 0.318. The van der Waals surface area contributed by atoms with Crippen LogP contribution in [0.2, 0.25) is 0 Å². The van der Waals surface area contributed by atoms with Crippen molar-refractivity contribution >= 4 is 27.0 Å². The minimum absolute atomic E-state index is 0.179. The lowest BCUT2D eigenvalue weighted by Crippen LogP contribution is -2.11. The Labute approximate surface area is 154 Å². The SMILES string of the molecule is CCCOc1ccc(Br)cc1-c1nc2c(c(C)nn2CCC)c(=O)[nH]1. The Balaban J connectivity index is 2.21. The first-order valence-corrected chi connectivity index (χ1v) is 9.24. The maximum Gasteiger partial charge on any atom is 0.262 e. The summed E-state index contributed by atoms with van der Waals surface area (Å²) in [5, 5.41) is 5.00. The summed E-state index contributed by atoms with van der Waals surface area (Å²) in [6.07, 6.45) is 1.82. The number of nitrogens with zero attached hydrogens (tertiary/aromatic N) is 3. The molecule has 6 nitrogen and oxygen atoms in total. The summed E-state index contributed by atoms with van der Waals surface area (Å²) < 4.78 is 8.52. The molecule has 0 saturated heterocycles. The molecule has 132 valence electrons. The lowest BCUT2D eigenvalue weighted by Gasteiger charge is -2.11. The van der Waals surface area contributed by atoms with Crippen LogP contribution in [0.5, 0.6) is 5.75 Å². The smallest absolute Gasteiger partial charge is 0.262 e. The fraction of sp³-hybridized carbons (Fsp3) is 0.389. The molecule has 0 aliphatic rings. The Morgan fingerprint density at radius 3 is 2.80 bits per heavy atom. The second-order valence-corrected chi connectivity index (χ2v) is 6.83. The number of benzene rings is 1. The molecule has 2 aromatic heterocycles. The summed E-state index contributed by atoms with van der Waals surface area (Å²) in [6, 6.07) is 5.70. The number of nitrogens with one attached hydrogen (secondary N) is 1. The zero-order valence-electron chi connectivity index (χ0n) is 14.6. The van der Waals surface area contributed by atoms with Crippen LogP contribution in [0, 0.1) is 6.92 Å². The molecule has 0 bridgehead atoms. The van der Waals surface area contributed by atoms with Gasteiger partial charge >= 0.3 is 0 Å². The molecule has 7 heteroatoms. The van der Waals surface area contributed by atoms with Crippen LogP contribution in [-0.4, -0.2) is 26.4 Å². The van der Waals surface area contributed by atoms with E-state index < -0.39 is 0 Å². The van der Waals surface area contributed by atoms with E-state index in [1.54, 1.807) is 4.68 Å². The van der Waals surface area contributed by atoms with Crippen LogP contribution >= 0.6 is 15.9 Å². The van der Waals surface area contributed by atoms with Crippen LogP contribution in [0.4, 0.5) is 0 Å². The zero-order chi connectivity index (χ0) is 18.0. The second kappa shape index (κ2) is 7.39. The molecule has 3 aromatic rings. The van der Waals surface area contributed by atoms with E-state index in [2.05, 4.69) is 39.9 Å². The van der Waals surface area contributed by atoms with Gasteiger partial charge in [0, 0.05) is 11.0 Å². The highest BCUT2D eigenvalue weighted by Crippen LogP contribution is 2.31. The van der Waals surface area contributed by atoms with E-state index in [-0.39, 0.29) is 5.56 Å². The Morgan fingerprint density at radius 2 is 2.08 bits per heavy atom. The number of rotatable bonds is 6. The Hall–Kier alpha value is -2.15. The highest BCUT2D eigenvalue weighted by atomic mass is 79.9. The summed E-state index contributed by atoms with van der Waals surface area (Å²) in [4.78, 5) is 20.2. The fourth-order valence-corrected chi connectivity index (χ4v) is 3.13. The lowest BCUT2D eigenvalue weighted by atomic mass is 10.2. The highest BCUT2D eigenvalue weighted by Gasteiger charge is 2.17. The highest BCUT2D eigenvalue weighted by molar-refractivity contribution is 9.10. The first kappa shape index (κ1) is 17.7. The predicted octanol–water partition coefficient (Wildman–Crippen LogP) is 4.06. The minimum atomic E-state index is -0.179. The van der Waals surface area contributed by atoms with Crippen LogP contribution < -0.4 is 10.3 Å². The van der Waals surface area contributed by atoms with Crippen molar-refractivity contribution in [2.24, 2.45) is 0 Å². The van der Waals surface area contributed by atoms with E-state index in [0.29, 0.717) is 34.9 Å². The van der Waals surface area contributed by atoms with Crippen molar-refractivity contribution in [1.82, 2.24) is 19.7 Å². The molecule has 0 atom stereocenters. The van der Waals surface area contributed by atoms with Crippen molar-refractivity contribution in [1.29, 1.82) is 0 Å². The summed E-state index contributed by atoms with van der Waals surface area (Å²) in [6.45, 7) is 7.28. The van der Waals surface area contributed by atoms with Gasteiger partial charge in [0.2, 0.25) is 0 Å². The van der Waals surface area contributed by atoms with Gasteiger partial charge in [-0.15, -0.1) is 0 Å². The number of hydrogen-bond donors (Lipinski definition) is 1. The van der Waals surface area contributed by atoms with Gasteiger partial charge in [0.25, 0.3) is 5.56 Å². The molecular formula is C18H21BrN4O2. The maximum atomic E-state index is 12.6. The molecule has 2 heterocycles. The maximum absolute atomic E-state index is 12.6. The van der Waals surface area contributed by atoms with Crippen molar-refractivity contribution in [3.8, 4) is 17.1 Å². The van der Waals surface area contributed by atoms with Gasteiger partial charge in [0.1, 0.15) is 17.0 Å². The van der Waals surface area contributed by atoms with E-state index in [1.807, 2.05) is 25.1 Å². The van der Waals surface area contributed by atoms with Crippen molar-refractivity contribution in [2.75, 3.05) is 6.61 Å². The van der Waals surface area contributed by atoms with Gasteiger partial charge in [-0.3, -0.25) is 4.79 Å². The minimum Gasteiger partial charge on any atom is -0.493 e. The van der Waals surface area contributed by atoms with E-state index in [4.69, 9.17) is 9.72 Å². The van der Waals surface area contributed by atoms with Crippen LogP contribution in [0.25, 0.3) is 22.4 Å². The number of ether oxygens (including phenoxy) is 1. The Kier molecular flexibility index (Phi) is 5.22. The Bertz CT molecular complexity index is 962. The van der Waals surface area contributed by atoms with Crippen molar-refractivity contribution in [2.45, 2.75) is 40.2 Å². The first-order valence-electron chi connectivity index (χ1n) is 8.45. The number of aromatic amines is 1. The molecule has 1 aromatic carbocycles. The van der Waals surface area contributed by atoms with Crippen molar-refractivity contribution < 1.29 is 4.74 Å². The third-order valence-corrected chi connectivity index (χ3v) is 4.36. The quantitative estimate of drug-likeness (QED) is 0.672. The molecule has 0 unspecified atom stereocenters. The normalized spacial score (nSPS) is 11.2. The summed E-state index contributed by atoms with van der Waals surface area (Å²) in [5.74, 6) is 1.19. The standard InChI is InChI=1S/C18H21BrN4O2/c1-4-8-23-17-15(11(3)22-23)18(24)21-16(20-17)13-10-12(19)6-7-14(13)25-9-5-2/h6-7,10H,4-5,8-9H2,1-3H3,(H,20,21,24). The molecule has 0 saturated carbocycles. The van der Waals surface area contributed by atoms with Gasteiger partial charge in [0.05, 0.1) is 17.9 Å². The molecule has 0 radical (unpaired) electrons. The zero-order valence-corrected chi connectivity index (χ0v) is 16.2. The summed E-state index contributed by atoms with van der Waals surface area (Å²) >= 11 is 3.48. The van der Waals surface area contributed by atoms with Gasteiger partial charge < -0.3 is 9.72 Å². The molecule has 0 fully saturated rings. The molecule has 0 aliphatic carbocycles. The number of hydrogen-bond acceptors (Lipinski definition) is 4. The predicted molar refractivity (Wildman–Crippen MR) is 102 cm³/mol. The topological polar surface area (TPSA) is 72.8 Å². The van der Waals surface area contributed by atoms with E-state index in [1.165, 1.54) is 0 Å². The number of H-pyrrole nitrogens is 1. The van der Waals surface area contributed by atoms with Crippen molar-refractivity contribution in [3.63, 3.8) is 0 Å². The molecule has 0 spiro atoms. The average molecular weight is 405 g/mol. The monoisotopic (exact) mass is 404 g/mol. The average Bonchev–Trinajstić information content (AvgIpc) is 2.90. The number of halogens is 1. The molecule has 1 N–H and O–H groups in total. The molecular weight excluding hydrogens is 384 g/mol. The van der Waals surface area contributed by atoms with Crippen molar-refractivity contribution in [3.05, 3.63) is 38.7 Å². The third-order valence-electron chi connectivity index (χ3n) is 3.87. The fourth-order valence-electron chi connectivity index (χ4n) is 2.77. The molecule has 3 rings (SSSR count). The van der Waals surface area contributed by atoms with Gasteiger partial charge in [-0.1, -0.05) is 29.8 Å². The summed E-state index contributed by atoms with van der Waals surface area (Å²) in [5.41, 5.74) is 1.88. The van der Waals surface area contributed by atoms with Gasteiger partial charge in [-0.05, 0) is 38.0 Å². The largest absolute Gasteiger partial charge is 0.493 e. The first-order chi connectivity index (χ1) is 12.0. The van der Waals surface area contributed by atoms with Gasteiger partial charge in [0.15, 0.2) is 5.65 Å². The molecule has 0 aliphatic heterocycles. The van der Waals surface area contributed by atoms with Crippen LogP contribution in [0.3, 0.4) is 0 Å². The number of aryl methyl sites for hydroxylation is 2. The molecule has 0 amide bonds. The van der Waals surface area contributed by atoms with Gasteiger partial charge in [-0.25, -0.2) is 9.67 Å². The third kappa shape index (κ3) is 3.46. The summed E-state index contributed by atoms with van der Waals surface area (Å²) in [7, 11) is 0. The van der Waals surface area contributed by atoms with Crippen LogP contribution in [0.1, 0.15) is 32.4 Å². The number of fused-ring (bicyclic) bond motifs is 1.